The number of hydrogen-bond donors (Lipinski definition) is 0. The Hall–Kier alpha value is -6.90. The predicted molar refractivity (Wildman–Crippen MR) is 223 cm³/mol. The van der Waals surface area contributed by atoms with Gasteiger partial charge in [0, 0.05) is 32.3 Å². The maximum atomic E-state index is 13.2. The lowest BCUT2D eigenvalue weighted by molar-refractivity contribution is 1.19. The van der Waals surface area contributed by atoms with E-state index in [9.17, 15) is 9.59 Å². The number of nitriles is 1. The van der Waals surface area contributed by atoms with Crippen molar-refractivity contribution in [2.75, 3.05) is 0 Å². The molecule has 0 saturated heterocycles. The molecule has 0 bridgehead atoms. The lowest BCUT2D eigenvalue weighted by Crippen LogP contribution is -2.13. The summed E-state index contributed by atoms with van der Waals surface area (Å²) in [5.74, 6) is 0. The summed E-state index contributed by atoms with van der Waals surface area (Å²) in [6, 6.07) is 28.7. The quantitative estimate of drug-likeness (QED) is 0.146. The Bertz CT molecular complexity index is 3250. The first-order chi connectivity index (χ1) is 26.2. The SMILES string of the molecule is CC.CC.Cc1ccc2c(=O)n3c4ccc(C#N)cc4nc3c3ccc(C)c1c23.[C-]#[N+]c1ccc2nc3c4ccc(C)c5c(C)ccc(c(=O)n3c2c1)c54. The second-order valence-corrected chi connectivity index (χ2v) is 13.0. The van der Waals surface area contributed by atoms with Crippen molar-refractivity contribution in [3.8, 4) is 6.07 Å². The summed E-state index contributed by atoms with van der Waals surface area (Å²) < 4.78 is 3.31. The zero-order chi connectivity index (χ0) is 38.6. The topological polar surface area (TPSA) is 96.9 Å². The minimum atomic E-state index is -0.0808. The normalized spacial score (nSPS) is 11.1. The number of benzene rings is 6. The van der Waals surface area contributed by atoms with E-state index >= 15 is 0 Å². The number of imidazole rings is 2. The first-order valence-corrected chi connectivity index (χ1v) is 18.2. The molecule has 0 aliphatic carbocycles. The van der Waals surface area contributed by atoms with Gasteiger partial charge in [0.15, 0.2) is 5.69 Å². The summed E-state index contributed by atoms with van der Waals surface area (Å²) in [6.45, 7) is 23.5. The van der Waals surface area contributed by atoms with Gasteiger partial charge in [-0.2, -0.15) is 5.26 Å². The van der Waals surface area contributed by atoms with Crippen LogP contribution in [-0.2, 0) is 0 Å². The average molecular weight is 707 g/mol. The van der Waals surface area contributed by atoms with E-state index in [0.29, 0.717) is 44.4 Å². The Labute approximate surface area is 311 Å². The zero-order valence-corrected chi connectivity index (χ0v) is 31.6. The number of fused-ring (bicyclic) bond motifs is 8. The number of hydrogen-bond acceptors (Lipinski definition) is 5. The fourth-order valence-electron chi connectivity index (χ4n) is 7.77. The molecule has 4 heterocycles. The number of aryl methyl sites for hydroxylation is 4. The van der Waals surface area contributed by atoms with E-state index in [1.165, 1.54) is 0 Å². The highest BCUT2D eigenvalue weighted by molar-refractivity contribution is 6.18. The molecule has 0 atom stereocenters. The number of rotatable bonds is 0. The molecule has 4 aromatic heterocycles. The van der Waals surface area contributed by atoms with Crippen molar-refractivity contribution in [2.45, 2.75) is 55.4 Å². The van der Waals surface area contributed by atoms with Crippen LogP contribution in [0.2, 0.25) is 0 Å². The van der Waals surface area contributed by atoms with Gasteiger partial charge in [-0.3, -0.25) is 18.4 Å². The number of pyridine rings is 2. The fourth-order valence-corrected chi connectivity index (χ4v) is 7.77. The van der Waals surface area contributed by atoms with Crippen molar-refractivity contribution >= 4 is 82.1 Å². The average Bonchev–Trinajstić information content (AvgIpc) is 3.78. The van der Waals surface area contributed by atoms with Gasteiger partial charge in [-0.1, -0.05) is 70.2 Å². The molecule has 0 amide bonds. The van der Waals surface area contributed by atoms with Crippen LogP contribution in [0.4, 0.5) is 5.69 Å². The van der Waals surface area contributed by atoms with Gasteiger partial charge in [0.25, 0.3) is 11.1 Å². The Balaban J connectivity index is 0.000000153. The van der Waals surface area contributed by atoms with Gasteiger partial charge in [0.1, 0.15) is 11.3 Å². The van der Waals surface area contributed by atoms with E-state index in [-0.39, 0.29) is 11.1 Å². The monoisotopic (exact) mass is 706 g/mol. The molecular weight excluding hydrogens is 669 g/mol. The van der Waals surface area contributed by atoms with Crippen LogP contribution in [0.5, 0.6) is 0 Å². The molecule has 0 radical (unpaired) electrons. The zero-order valence-electron chi connectivity index (χ0n) is 31.6. The fraction of sp³-hybridized carbons (Fsp3) is 0.174. The largest absolute Gasteiger partial charge is 0.268 e. The number of nitrogens with zero attached hydrogens (tertiary/aromatic N) is 6. The minimum absolute atomic E-state index is 0.0645. The molecule has 0 aliphatic rings. The van der Waals surface area contributed by atoms with Gasteiger partial charge in [-0.15, -0.1) is 0 Å². The molecule has 264 valence electrons. The number of aromatic nitrogens is 4. The van der Waals surface area contributed by atoms with E-state index in [0.717, 1.165) is 65.6 Å². The van der Waals surface area contributed by atoms with Crippen LogP contribution >= 0.6 is 0 Å². The third kappa shape index (κ3) is 5.10. The third-order valence-electron chi connectivity index (χ3n) is 10.1. The highest BCUT2D eigenvalue weighted by Gasteiger charge is 2.19. The van der Waals surface area contributed by atoms with Crippen molar-refractivity contribution in [2.24, 2.45) is 0 Å². The summed E-state index contributed by atoms with van der Waals surface area (Å²) in [5.41, 5.74) is 9.66. The molecule has 0 fully saturated rings. The van der Waals surface area contributed by atoms with Gasteiger partial charge in [-0.05, 0) is 103 Å². The third-order valence-corrected chi connectivity index (χ3v) is 10.1. The van der Waals surface area contributed by atoms with Crippen LogP contribution in [0.15, 0.2) is 94.5 Å². The summed E-state index contributed by atoms with van der Waals surface area (Å²) in [5, 5.41) is 16.7. The van der Waals surface area contributed by atoms with Crippen LogP contribution in [0.25, 0.3) is 81.3 Å². The summed E-state index contributed by atoms with van der Waals surface area (Å²) >= 11 is 0. The van der Waals surface area contributed by atoms with E-state index in [1.807, 2.05) is 70.2 Å². The van der Waals surface area contributed by atoms with Crippen molar-refractivity contribution in [3.05, 3.63) is 145 Å². The van der Waals surface area contributed by atoms with E-state index in [4.69, 9.17) is 16.8 Å². The van der Waals surface area contributed by atoms with Gasteiger partial charge in [0.05, 0.1) is 40.3 Å². The van der Waals surface area contributed by atoms with Gasteiger partial charge in [0.2, 0.25) is 0 Å². The van der Waals surface area contributed by atoms with Gasteiger partial charge < -0.3 is 0 Å². The Morgan fingerprint density at radius 3 is 1.50 bits per heavy atom. The molecule has 0 saturated carbocycles. The first-order valence-electron chi connectivity index (χ1n) is 18.2. The minimum Gasteiger partial charge on any atom is -0.268 e. The van der Waals surface area contributed by atoms with Crippen LogP contribution < -0.4 is 11.1 Å². The van der Waals surface area contributed by atoms with Crippen LogP contribution in [0.1, 0.15) is 55.5 Å². The molecule has 8 nitrogen and oxygen atoms in total. The van der Waals surface area contributed by atoms with Crippen LogP contribution in [0.3, 0.4) is 0 Å². The van der Waals surface area contributed by atoms with E-state index < -0.39 is 0 Å². The Kier molecular flexibility index (Phi) is 8.93. The van der Waals surface area contributed by atoms with Crippen molar-refractivity contribution in [1.29, 1.82) is 5.26 Å². The molecule has 0 unspecified atom stereocenters. The molecule has 0 spiro atoms. The predicted octanol–water partition coefficient (Wildman–Crippen LogP) is 10.9. The van der Waals surface area contributed by atoms with E-state index in [2.05, 4.69) is 55.7 Å². The molecule has 0 aliphatic heterocycles. The maximum Gasteiger partial charge on any atom is 0.264 e. The van der Waals surface area contributed by atoms with Gasteiger partial charge in [-0.25, -0.2) is 14.8 Å². The molecule has 6 aromatic carbocycles. The Morgan fingerprint density at radius 1 is 0.556 bits per heavy atom. The van der Waals surface area contributed by atoms with Crippen molar-refractivity contribution in [1.82, 2.24) is 18.8 Å². The smallest absolute Gasteiger partial charge is 0.264 e. The molecule has 0 N–H and O–H groups in total. The Morgan fingerprint density at radius 2 is 1.02 bits per heavy atom. The highest BCUT2D eigenvalue weighted by Crippen LogP contribution is 2.35. The lowest BCUT2D eigenvalue weighted by Gasteiger charge is -2.11. The summed E-state index contributed by atoms with van der Waals surface area (Å²) in [6.07, 6.45) is 0. The highest BCUT2D eigenvalue weighted by atomic mass is 16.1. The van der Waals surface area contributed by atoms with Crippen LogP contribution in [0, 0.1) is 45.6 Å². The summed E-state index contributed by atoms with van der Waals surface area (Å²) in [7, 11) is 0. The maximum absolute atomic E-state index is 13.2. The van der Waals surface area contributed by atoms with E-state index in [1.54, 1.807) is 39.1 Å². The second-order valence-electron chi connectivity index (χ2n) is 13.0. The molecule has 10 rings (SSSR count). The molecule has 54 heavy (non-hydrogen) atoms. The van der Waals surface area contributed by atoms with Gasteiger partial charge >= 0.3 is 0 Å². The summed E-state index contributed by atoms with van der Waals surface area (Å²) in [4.78, 5) is 39.3. The standard InChI is InChI=1S/2C21H13N3O.2C2H6/c1-11-4-7-14-19-15(8-5-12(2)18(11)19)21(25)24-17-10-13(22-3)6-9-16(17)23-20(14)24;1-11-3-6-14-19-15(7-4-12(2)18(11)19)21(25)24-17-8-5-13(10-22)9-16(17)23-20(14)24;2*1-2/h4-10H,1-2H3;3-9H,1-2H3;2*1-2H3. The van der Waals surface area contributed by atoms with Crippen molar-refractivity contribution in [3.63, 3.8) is 0 Å². The molecule has 10 aromatic rings. The first kappa shape index (κ1) is 35.5. The molecule has 8 heteroatoms. The van der Waals surface area contributed by atoms with Crippen molar-refractivity contribution < 1.29 is 0 Å². The van der Waals surface area contributed by atoms with Crippen LogP contribution in [-0.4, -0.2) is 18.8 Å². The lowest BCUT2D eigenvalue weighted by atomic mass is 9.95. The second kappa shape index (κ2) is 13.6. The molecular formula is C46H38N6O2.